The standard InChI is InChI=1S/C9H15NO2S/c11-9-8(2-5-12-9)10-3-1-6-13-7-4-10/h8H,1-7H2/t8-/m0/s1. The van der Waals surface area contributed by atoms with Crippen LogP contribution in [0, 0.1) is 0 Å². The summed E-state index contributed by atoms with van der Waals surface area (Å²) in [4.78, 5) is 13.6. The minimum absolute atomic E-state index is 0.00750. The van der Waals surface area contributed by atoms with Gasteiger partial charge in [0.2, 0.25) is 0 Å². The first-order valence-corrected chi connectivity index (χ1v) is 6.02. The van der Waals surface area contributed by atoms with Gasteiger partial charge in [-0.2, -0.15) is 11.8 Å². The van der Waals surface area contributed by atoms with Gasteiger partial charge in [0.25, 0.3) is 0 Å². The normalized spacial score (nSPS) is 31.4. The van der Waals surface area contributed by atoms with Crippen LogP contribution in [0.4, 0.5) is 0 Å². The molecule has 1 atom stereocenters. The van der Waals surface area contributed by atoms with Crippen molar-refractivity contribution in [1.82, 2.24) is 4.90 Å². The zero-order valence-electron chi connectivity index (χ0n) is 7.70. The Labute approximate surface area is 82.8 Å². The van der Waals surface area contributed by atoms with Crippen molar-refractivity contribution in [3.05, 3.63) is 0 Å². The molecule has 0 amide bonds. The van der Waals surface area contributed by atoms with Crippen LogP contribution in [0.25, 0.3) is 0 Å². The van der Waals surface area contributed by atoms with Crippen LogP contribution in [0.15, 0.2) is 0 Å². The fourth-order valence-corrected chi connectivity index (χ4v) is 2.79. The van der Waals surface area contributed by atoms with Crippen molar-refractivity contribution < 1.29 is 9.53 Å². The van der Waals surface area contributed by atoms with Gasteiger partial charge in [0.1, 0.15) is 6.04 Å². The highest BCUT2D eigenvalue weighted by Crippen LogP contribution is 2.18. The van der Waals surface area contributed by atoms with Gasteiger partial charge < -0.3 is 4.74 Å². The molecule has 0 aromatic heterocycles. The lowest BCUT2D eigenvalue weighted by molar-refractivity contribution is -0.142. The predicted molar refractivity (Wildman–Crippen MR) is 52.9 cm³/mol. The first-order valence-electron chi connectivity index (χ1n) is 4.86. The Morgan fingerprint density at radius 3 is 3.08 bits per heavy atom. The average molecular weight is 201 g/mol. The Balaban J connectivity index is 1.93. The van der Waals surface area contributed by atoms with Gasteiger partial charge in [-0.1, -0.05) is 0 Å². The summed E-state index contributed by atoms with van der Waals surface area (Å²) in [5, 5.41) is 0. The third-order valence-corrected chi connectivity index (χ3v) is 3.65. The predicted octanol–water partition coefficient (Wildman–Crippen LogP) is 0.741. The third kappa shape index (κ3) is 2.17. The van der Waals surface area contributed by atoms with E-state index in [0.717, 1.165) is 25.3 Å². The molecule has 0 N–H and O–H groups in total. The Morgan fingerprint density at radius 1 is 1.38 bits per heavy atom. The number of hydrogen-bond donors (Lipinski definition) is 0. The molecule has 4 heteroatoms. The van der Waals surface area contributed by atoms with E-state index in [1.54, 1.807) is 0 Å². The Kier molecular flexibility index (Phi) is 3.11. The molecule has 0 unspecified atom stereocenters. The smallest absolute Gasteiger partial charge is 0.323 e. The minimum Gasteiger partial charge on any atom is -0.464 e. The average Bonchev–Trinajstić information content (AvgIpc) is 2.43. The summed E-state index contributed by atoms with van der Waals surface area (Å²) >= 11 is 1.99. The fourth-order valence-electron chi connectivity index (χ4n) is 1.89. The maximum atomic E-state index is 11.3. The van der Waals surface area contributed by atoms with E-state index in [1.165, 1.54) is 12.2 Å². The fraction of sp³-hybridized carbons (Fsp3) is 0.889. The second-order valence-electron chi connectivity index (χ2n) is 3.47. The summed E-state index contributed by atoms with van der Waals surface area (Å²) in [6.45, 7) is 2.73. The molecule has 2 rings (SSSR count). The van der Waals surface area contributed by atoms with Crippen LogP contribution >= 0.6 is 11.8 Å². The number of esters is 1. The second kappa shape index (κ2) is 4.33. The van der Waals surface area contributed by atoms with Gasteiger partial charge in [-0.3, -0.25) is 9.69 Å². The van der Waals surface area contributed by atoms with Gasteiger partial charge >= 0.3 is 5.97 Å². The van der Waals surface area contributed by atoms with Crippen LogP contribution in [0.3, 0.4) is 0 Å². The van der Waals surface area contributed by atoms with Crippen LogP contribution in [-0.2, 0) is 9.53 Å². The Hall–Kier alpha value is -0.220. The highest BCUT2D eigenvalue weighted by Gasteiger charge is 2.32. The summed E-state index contributed by atoms with van der Waals surface area (Å²) in [5.41, 5.74) is 0. The molecule has 2 fully saturated rings. The van der Waals surface area contributed by atoms with Gasteiger partial charge in [-0.25, -0.2) is 0 Å². The molecule has 2 aliphatic rings. The van der Waals surface area contributed by atoms with E-state index in [1.807, 2.05) is 11.8 Å². The van der Waals surface area contributed by atoms with Crippen molar-refractivity contribution in [1.29, 1.82) is 0 Å². The molecule has 74 valence electrons. The molecule has 0 bridgehead atoms. The number of cyclic esters (lactones) is 1. The van der Waals surface area contributed by atoms with Crippen LogP contribution in [0.5, 0.6) is 0 Å². The number of ether oxygens (including phenoxy) is 1. The Bertz CT molecular complexity index is 190. The maximum absolute atomic E-state index is 11.3. The summed E-state index contributed by atoms with van der Waals surface area (Å²) in [6.07, 6.45) is 2.10. The molecule has 13 heavy (non-hydrogen) atoms. The molecule has 2 heterocycles. The number of thioether (sulfide) groups is 1. The highest BCUT2D eigenvalue weighted by molar-refractivity contribution is 7.99. The third-order valence-electron chi connectivity index (χ3n) is 2.61. The van der Waals surface area contributed by atoms with Crippen molar-refractivity contribution in [2.24, 2.45) is 0 Å². The first kappa shape index (κ1) is 9.34. The molecule has 0 radical (unpaired) electrons. The van der Waals surface area contributed by atoms with E-state index < -0.39 is 0 Å². The van der Waals surface area contributed by atoms with E-state index >= 15 is 0 Å². The monoisotopic (exact) mass is 201 g/mol. The summed E-state index contributed by atoms with van der Waals surface area (Å²) < 4.78 is 4.97. The number of carbonyl (C=O) groups excluding carboxylic acids is 1. The summed E-state index contributed by atoms with van der Waals surface area (Å²) in [6, 6.07) is 0.0682. The first-order chi connectivity index (χ1) is 6.38. The zero-order valence-corrected chi connectivity index (χ0v) is 8.52. The van der Waals surface area contributed by atoms with Gasteiger partial charge in [-0.05, 0) is 18.7 Å². The quantitative estimate of drug-likeness (QED) is 0.585. The van der Waals surface area contributed by atoms with Crippen molar-refractivity contribution in [2.75, 3.05) is 31.2 Å². The summed E-state index contributed by atoms with van der Waals surface area (Å²) in [5.74, 6) is 2.38. The van der Waals surface area contributed by atoms with Gasteiger partial charge in [0.15, 0.2) is 0 Å². The van der Waals surface area contributed by atoms with Crippen LogP contribution in [0.2, 0.25) is 0 Å². The number of carbonyl (C=O) groups is 1. The zero-order chi connectivity index (χ0) is 9.10. The van der Waals surface area contributed by atoms with Crippen molar-refractivity contribution >= 4 is 17.7 Å². The molecule has 2 aliphatic heterocycles. The number of rotatable bonds is 1. The van der Waals surface area contributed by atoms with E-state index in [0.29, 0.717) is 6.61 Å². The minimum atomic E-state index is -0.00750. The van der Waals surface area contributed by atoms with Crippen LogP contribution in [0.1, 0.15) is 12.8 Å². The summed E-state index contributed by atoms with van der Waals surface area (Å²) in [7, 11) is 0. The lowest BCUT2D eigenvalue weighted by Gasteiger charge is -2.23. The molecular weight excluding hydrogens is 186 g/mol. The van der Waals surface area contributed by atoms with Crippen molar-refractivity contribution in [3.63, 3.8) is 0 Å². The lowest BCUT2D eigenvalue weighted by atomic mass is 10.2. The second-order valence-corrected chi connectivity index (χ2v) is 4.70. The molecule has 0 aromatic rings. The SMILES string of the molecule is O=C1OCC[C@@H]1N1CCCSCC1. The van der Waals surface area contributed by atoms with Gasteiger partial charge in [0.05, 0.1) is 6.61 Å². The van der Waals surface area contributed by atoms with Gasteiger partial charge in [-0.15, -0.1) is 0 Å². The Morgan fingerprint density at radius 2 is 2.31 bits per heavy atom. The van der Waals surface area contributed by atoms with E-state index in [-0.39, 0.29) is 12.0 Å². The van der Waals surface area contributed by atoms with Crippen molar-refractivity contribution in [3.8, 4) is 0 Å². The molecule has 3 nitrogen and oxygen atoms in total. The molecule has 0 aliphatic carbocycles. The van der Waals surface area contributed by atoms with E-state index in [2.05, 4.69) is 4.90 Å². The van der Waals surface area contributed by atoms with Gasteiger partial charge in [0, 0.05) is 18.7 Å². The molecule has 2 saturated heterocycles. The highest BCUT2D eigenvalue weighted by atomic mass is 32.2. The molecule has 0 aromatic carbocycles. The molecule has 0 saturated carbocycles. The van der Waals surface area contributed by atoms with Crippen LogP contribution < -0.4 is 0 Å². The molecule has 0 spiro atoms. The van der Waals surface area contributed by atoms with E-state index in [9.17, 15) is 4.79 Å². The number of nitrogens with zero attached hydrogens (tertiary/aromatic N) is 1. The van der Waals surface area contributed by atoms with Crippen LogP contribution in [-0.4, -0.2) is 48.1 Å². The largest absolute Gasteiger partial charge is 0.464 e. The number of hydrogen-bond acceptors (Lipinski definition) is 4. The lowest BCUT2D eigenvalue weighted by Crippen LogP contribution is -2.39. The van der Waals surface area contributed by atoms with E-state index in [4.69, 9.17) is 4.74 Å². The topological polar surface area (TPSA) is 29.5 Å². The maximum Gasteiger partial charge on any atom is 0.323 e. The molecular formula is C9H15NO2S. The van der Waals surface area contributed by atoms with Crippen molar-refractivity contribution in [2.45, 2.75) is 18.9 Å².